The number of nitrogens with zero attached hydrogens (tertiary/aromatic N) is 1. The fraction of sp³-hybridized carbons (Fsp3) is 0.923. The molecular formula is C13H23NO2. The van der Waals surface area contributed by atoms with Crippen LogP contribution in [0.5, 0.6) is 0 Å². The molecule has 16 heavy (non-hydrogen) atoms. The molecule has 3 unspecified atom stereocenters. The van der Waals surface area contributed by atoms with Gasteiger partial charge in [-0.25, -0.2) is 0 Å². The number of fused-ring (bicyclic) bond motifs is 2. The van der Waals surface area contributed by atoms with E-state index in [-0.39, 0.29) is 28.3 Å². The van der Waals surface area contributed by atoms with Crippen LogP contribution in [0.4, 0.5) is 0 Å². The topological polar surface area (TPSA) is 40.5 Å². The fourth-order valence-corrected chi connectivity index (χ4v) is 4.03. The van der Waals surface area contributed by atoms with Gasteiger partial charge >= 0.3 is 0 Å². The van der Waals surface area contributed by atoms with Gasteiger partial charge in [0.2, 0.25) is 5.91 Å². The molecule has 0 aromatic carbocycles. The minimum atomic E-state index is -0.343. The van der Waals surface area contributed by atoms with Crippen LogP contribution < -0.4 is 0 Å². The Labute approximate surface area is 97.8 Å². The quantitative estimate of drug-likeness (QED) is 0.737. The van der Waals surface area contributed by atoms with Crippen LogP contribution in [0.25, 0.3) is 0 Å². The summed E-state index contributed by atoms with van der Waals surface area (Å²) in [5.41, 5.74) is -0.551. The van der Waals surface area contributed by atoms with E-state index in [0.717, 1.165) is 12.8 Å². The summed E-state index contributed by atoms with van der Waals surface area (Å²) in [4.78, 5) is 14.1. The third-order valence-electron chi connectivity index (χ3n) is 5.79. The van der Waals surface area contributed by atoms with Gasteiger partial charge in [-0.2, -0.15) is 0 Å². The van der Waals surface area contributed by atoms with E-state index >= 15 is 0 Å². The van der Waals surface area contributed by atoms with Gasteiger partial charge in [0, 0.05) is 14.1 Å². The van der Waals surface area contributed by atoms with E-state index in [2.05, 4.69) is 20.8 Å². The second-order valence-corrected chi connectivity index (χ2v) is 6.54. The molecule has 2 aliphatic rings. The molecular weight excluding hydrogens is 202 g/mol. The Morgan fingerprint density at radius 3 is 2.12 bits per heavy atom. The second-order valence-electron chi connectivity index (χ2n) is 6.54. The van der Waals surface area contributed by atoms with Crippen LogP contribution in [0.2, 0.25) is 0 Å². The zero-order chi connectivity index (χ0) is 12.4. The lowest BCUT2D eigenvalue weighted by Crippen LogP contribution is -2.46. The maximum absolute atomic E-state index is 12.4. The van der Waals surface area contributed by atoms with Crippen molar-refractivity contribution in [2.45, 2.75) is 46.1 Å². The van der Waals surface area contributed by atoms with Gasteiger partial charge < -0.3 is 10.0 Å². The number of aliphatic hydroxyl groups excluding tert-OH is 1. The van der Waals surface area contributed by atoms with Crippen molar-refractivity contribution in [1.82, 2.24) is 4.90 Å². The summed E-state index contributed by atoms with van der Waals surface area (Å²) < 4.78 is 0. The monoisotopic (exact) mass is 225 g/mol. The van der Waals surface area contributed by atoms with Gasteiger partial charge in [-0.3, -0.25) is 4.79 Å². The Hall–Kier alpha value is -0.570. The van der Waals surface area contributed by atoms with Crippen LogP contribution in [0.1, 0.15) is 40.0 Å². The SMILES string of the molecule is CN(C)C(=O)C12CCC(C)(C(O)C1)C2(C)C. The molecule has 0 aliphatic heterocycles. The first-order valence-corrected chi connectivity index (χ1v) is 6.09. The largest absolute Gasteiger partial charge is 0.393 e. The summed E-state index contributed by atoms with van der Waals surface area (Å²) in [6.07, 6.45) is 2.18. The van der Waals surface area contributed by atoms with Gasteiger partial charge in [0.15, 0.2) is 0 Å². The molecule has 2 saturated carbocycles. The highest BCUT2D eigenvalue weighted by molar-refractivity contribution is 5.84. The number of aliphatic hydroxyl groups is 1. The lowest BCUT2D eigenvalue weighted by Gasteiger charge is -2.41. The van der Waals surface area contributed by atoms with Crippen molar-refractivity contribution in [3.63, 3.8) is 0 Å². The van der Waals surface area contributed by atoms with Crippen molar-refractivity contribution >= 4 is 5.91 Å². The summed E-state index contributed by atoms with van der Waals surface area (Å²) >= 11 is 0. The van der Waals surface area contributed by atoms with E-state index in [1.807, 2.05) is 14.1 Å². The van der Waals surface area contributed by atoms with Crippen molar-refractivity contribution in [2.24, 2.45) is 16.2 Å². The third kappa shape index (κ3) is 1.01. The second kappa shape index (κ2) is 3.00. The molecule has 0 spiro atoms. The van der Waals surface area contributed by atoms with Crippen molar-refractivity contribution in [3.8, 4) is 0 Å². The van der Waals surface area contributed by atoms with E-state index in [1.54, 1.807) is 4.90 Å². The molecule has 3 heteroatoms. The van der Waals surface area contributed by atoms with E-state index in [9.17, 15) is 9.90 Å². The molecule has 2 aliphatic carbocycles. The van der Waals surface area contributed by atoms with Crippen molar-refractivity contribution in [1.29, 1.82) is 0 Å². The Morgan fingerprint density at radius 2 is 1.81 bits per heavy atom. The molecule has 0 aromatic rings. The number of hydrogen-bond acceptors (Lipinski definition) is 2. The number of rotatable bonds is 1. The zero-order valence-electron chi connectivity index (χ0n) is 11.0. The highest BCUT2D eigenvalue weighted by Gasteiger charge is 2.72. The van der Waals surface area contributed by atoms with Gasteiger partial charge in [-0.15, -0.1) is 0 Å². The molecule has 3 nitrogen and oxygen atoms in total. The summed E-state index contributed by atoms with van der Waals surface area (Å²) in [5, 5.41) is 10.2. The van der Waals surface area contributed by atoms with E-state index < -0.39 is 0 Å². The first kappa shape index (κ1) is 11.9. The van der Waals surface area contributed by atoms with Crippen LogP contribution in [0.3, 0.4) is 0 Å². The molecule has 3 atom stereocenters. The standard InChI is InChI=1S/C13H23NO2/c1-11(2)12(3)6-7-13(11,8-9(12)15)10(16)14(4)5/h9,15H,6-8H2,1-5H3. The Kier molecular flexibility index (Phi) is 2.24. The highest BCUT2D eigenvalue weighted by Crippen LogP contribution is 2.72. The summed E-state index contributed by atoms with van der Waals surface area (Å²) in [6.45, 7) is 6.44. The normalized spacial score (nSPS) is 44.8. The van der Waals surface area contributed by atoms with Crippen LogP contribution >= 0.6 is 0 Å². The number of amides is 1. The van der Waals surface area contributed by atoms with Crippen molar-refractivity contribution in [3.05, 3.63) is 0 Å². The highest BCUT2D eigenvalue weighted by atomic mass is 16.3. The van der Waals surface area contributed by atoms with Gasteiger partial charge in [-0.1, -0.05) is 20.8 Å². The molecule has 0 aromatic heterocycles. The first-order valence-electron chi connectivity index (χ1n) is 6.09. The van der Waals surface area contributed by atoms with Gasteiger partial charge in [-0.05, 0) is 30.1 Å². The predicted octanol–water partition coefficient (Wildman–Crippen LogP) is 1.65. The Morgan fingerprint density at radius 1 is 1.25 bits per heavy atom. The maximum atomic E-state index is 12.4. The van der Waals surface area contributed by atoms with Gasteiger partial charge in [0.1, 0.15) is 0 Å². The lowest BCUT2D eigenvalue weighted by atomic mass is 9.64. The summed E-state index contributed by atoms with van der Waals surface area (Å²) in [5.74, 6) is 0.192. The minimum absolute atomic E-state index is 0.0985. The van der Waals surface area contributed by atoms with E-state index in [1.165, 1.54) is 0 Å². The molecule has 0 radical (unpaired) electrons. The molecule has 0 heterocycles. The van der Waals surface area contributed by atoms with E-state index in [4.69, 9.17) is 0 Å². The van der Waals surface area contributed by atoms with Crippen LogP contribution in [0.15, 0.2) is 0 Å². The minimum Gasteiger partial charge on any atom is -0.393 e. The van der Waals surface area contributed by atoms with Crippen molar-refractivity contribution < 1.29 is 9.90 Å². The number of carbonyl (C=O) groups excluding carboxylic acids is 1. The molecule has 2 bridgehead atoms. The molecule has 92 valence electrons. The summed E-state index contributed by atoms with van der Waals surface area (Å²) in [7, 11) is 3.63. The van der Waals surface area contributed by atoms with Crippen LogP contribution in [0, 0.1) is 16.2 Å². The number of carbonyl (C=O) groups is 1. The predicted molar refractivity (Wildman–Crippen MR) is 62.9 cm³/mol. The first-order chi connectivity index (χ1) is 7.19. The third-order valence-corrected chi connectivity index (χ3v) is 5.79. The van der Waals surface area contributed by atoms with Crippen molar-refractivity contribution in [2.75, 3.05) is 14.1 Å². The average Bonchev–Trinajstić information content (AvgIpc) is 2.46. The fourth-order valence-electron chi connectivity index (χ4n) is 4.03. The van der Waals surface area contributed by atoms with Gasteiger partial charge in [0.05, 0.1) is 11.5 Å². The lowest BCUT2D eigenvalue weighted by molar-refractivity contribution is -0.144. The molecule has 0 saturated heterocycles. The number of hydrogen-bond donors (Lipinski definition) is 1. The zero-order valence-corrected chi connectivity index (χ0v) is 11.0. The maximum Gasteiger partial charge on any atom is 0.228 e. The molecule has 1 N–H and O–H groups in total. The Bertz CT molecular complexity index is 337. The van der Waals surface area contributed by atoms with E-state index in [0.29, 0.717) is 6.42 Å². The molecule has 1 amide bonds. The summed E-state index contributed by atoms with van der Waals surface area (Å²) in [6, 6.07) is 0. The van der Waals surface area contributed by atoms with Crippen LogP contribution in [-0.4, -0.2) is 36.1 Å². The average molecular weight is 225 g/mol. The van der Waals surface area contributed by atoms with Gasteiger partial charge in [0.25, 0.3) is 0 Å². The smallest absolute Gasteiger partial charge is 0.228 e. The van der Waals surface area contributed by atoms with Crippen LogP contribution in [-0.2, 0) is 4.79 Å². The molecule has 2 fully saturated rings. The Balaban J connectivity index is 2.48. The molecule has 2 rings (SSSR count).